The molecule has 0 bridgehead atoms. The van der Waals surface area contributed by atoms with Crippen LogP contribution in [0.2, 0.25) is 0 Å². The Kier molecular flexibility index (Phi) is 5.63. The van der Waals surface area contributed by atoms with E-state index in [0.717, 1.165) is 17.1 Å². The highest BCUT2D eigenvalue weighted by Gasteiger charge is 2.24. The molecule has 0 spiro atoms. The summed E-state index contributed by atoms with van der Waals surface area (Å²) < 4.78 is 0. The number of carbonyl (C=O) groups is 2. The van der Waals surface area contributed by atoms with E-state index in [1.165, 1.54) is 4.88 Å². The van der Waals surface area contributed by atoms with Crippen LogP contribution in [0.3, 0.4) is 0 Å². The molecule has 24 heavy (non-hydrogen) atoms. The normalized spacial score (nSPS) is 14.9. The number of nitrogens with zero attached hydrogens (tertiary/aromatic N) is 3. The van der Waals surface area contributed by atoms with Crippen molar-refractivity contribution in [3.63, 3.8) is 0 Å². The molecule has 1 aliphatic rings. The van der Waals surface area contributed by atoms with Crippen molar-refractivity contribution in [3.8, 4) is 0 Å². The summed E-state index contributed by atoms with van der Waals surface area (Å²) in [5.41, 5.74) is 0.844. The van der Waals surface area contributed by atoms with Gasteiger partial charge in [0, 0.05) is 42.9 Å². The third-order valence-corrected chi connectivity index (χ3v) is 5.91. The van der Waals surface area contributed by atoms with Crippen LogP contribution < -0.4 is 0 Å². The summed E-state index contributed by atoms with van der Waals surface area (Å²) in [6, 6.07) is 4.08. The van der Waals surface area contributed by atoms with Gasteiger partial charge in [-0.15, -0.1) is 22.7 Å². The molecule has 1 aliphatic heterocycles. The van der Waals surface area contributed by atoms with E-state index in [-0.39, 0.29) is 11.8 Å². The lowest BCUT2D eigenvalue weighted by Crippen LogP contribution is -2.51. The summed E-state index contributed by atoms with van der Waals surface area (Å²) in [4.78, 5) is 33.9. The van der Waals surface area contributed by atoms with E-state index in [9.17, 15) is 9.59 Å². The smallest absolute Gasteiger partial charge is 0.228 e. The Bertz CT molecular complexity index is 689. The molecular weight excluding hydrogens is 342 g/mol. The molecule has 2 aromatic heterocycles. The number of thiophene rings is 1. The maximum absolute atomic E-state index is 12.3. The van der Waals surface area contributed by atoms with Crippen LogP contribution in [0.25, 0.3) is 0 Å². The summed E-state index contributed by atoms with van der Waals surface area (Å²) in [5, 5.41) is 4.96. The van der Waals surface area contributed by atoms with Crippen molar-refractivity contribution in [1.29, 1.82) is 0 Å². The first-order chi connectivity index (χ1) is 11.6. The Hall–Kier alpha value is -1.73. The average molecular weight is 364 g/mol. The van der Waals surface area contributed by atoms with Crippen molar-refractivity contribution >= 4 is 34.5 Å². The fourth-order valence-electron chi connectivity index (χ4n) is 2.80. The standard InChI is InChI=1S/C17H21N3O2S2/c1-13-18-14(12-24-13)11-17(22)20-8-6-19(7-9-20)16(21)5-4-15-3-2-10-23-15/h2-3,10,12H,4-9,11H2,1H3. The number of thiazole rings is 1. The molecule has 0 atom stereocenters. The molecule has 0 saturated carbocycles. The van der Waals surface area contributed by atoms with Gasteiger partial charge in [0.1, 0.15) is 0 Å². The van der Waals surface area contributed by atoms with Crippen molar-refractivity contribution < 1.29 is 9.59 Å². The molecule has 3 rings (SSSR count). The Morgan fingerprint density at radius 2 is 1.83 bits per heavy atom. The largest absolute Gasteiger partial charge is 0.339 e. The SMILES string of the molecule is Cc1nc(CC(=O)N2CCN(C(=O)CCc3cccs3)CC2)cs1. The van der Waals surface area contributed by atoms with Gasteiger partial charge in [-0.25, -0.2) is 4.98 Å². The first-order valence-electron chi connectivity index (χ1n) is 8.11. The summed E-state index contributed by atoms with van der Waals surface area (Å²) in [5.74, 6) is 0.289. The van der Waals surface area contributed by atoms with Crippen molar-refractivity contribution in [3.05, 3.63) is 38.5 Å². The highest BCUT2D eigenvalue weighted by atomic mass is 32.1. The van der Waals surface area contributed by atoms with Gasteiger partial charge in [-0.2, -0.15) is 0 Å². The van der Waals surface area contributed by atoms with Crippen LogP contribution in [-0.4, -0.2) is 52.8 Å². The molecule has 1 fully saturated rings. The number of piperazine rings is 1. The van der Waals surface area contributed by atoms with Crippen LogP contribution in [0.15, 0.2) is 22.9 Å². The first-order valence-corrected chi connectivity index (χ1v) is 9.86. The number of aromatic nitrogens is 1. The Morgan fingerprint density at radius 3 is 2.42 bits per heavy atom. The van der Waals surface area contributed by atoms with Gasteiger partial charge in [-0.05, 0) is 24.8 Å². The highest BCUT2D eigenvalue weighted by Crippen LogP contribution is 2.14. The predicted octanol–water partition coefficient (Wildman–Crippen LogP) is 2.36. The van der Waals surface area contributed by atoms with Gasteiger partial charge < -0.3 is 9.80 Å². The topological polar surface area (TPSA) is 53.5 Å². The zero-order valence-corrected chi connectivity index (χ0v) is 15.4. The second kappa shape index (κ2) is 7.90. The summed E-state index contributed by atoms with van der Waals surface area (Å²) in [7, 11) is 0. The van der Waals surface area contributed by atoms with Crippen LogP contribution >= 0.6 is 22.7 Å². The minimum absolute atomic E-state index is 0.103. The zero-order chi connectivity index (χ0) is 16.9. The third-order valence-electron chi connectivity index (χ3n) is 4.15. The van der Waals surface area contributed by atoms with Crippen LogP contribution in [0.1, 0.15) is 22.0 Å². The molecule has 2 amide bonds. The van der Waals surface area contributed by atoms with Gasteiger partial charge in [-0.1, -0.05) is 6.07 Å². The van der Waals surface area contributed by atoms with Gasteiger partial charge >= 0.3 is 0 Å². The van der Waals surface area contributed by atoms with Crippen molar-refractivity contribution in [2.45, 2.75) is 26.2 Å². The molecule has 0 radical (unpaired) electrons. The van der Waals surface area contributed by atoms with E-state index >= 15 is 0 Å². The Labute approximate surface area is 149 Å². The maximum atomic E-state index is 12.3. The molecule has 2 aromatic rings. The average Bonchev–Trinajstić information content (AvgIpc) is 3.24. The van der Waals surface area contributed by atoms with Crippen LogP contribution in [0.4, 0.5) is 0 Å². The van der Waals surface area contributed by atoms with E-state index in [2.05, 4.69) is 11.1 Å². The van der Waals surface area contributed by atoms with Crippen LogP contribution in [-0.2, 0) is 22.4 Å². The number of rotatable bonds is 5. The molecule has 0 aromatic carbocycles. The molecule has 0 aliphatic carbocycles. The predicted molar refractivity (Wildman–Crippen MR) is 96.4 cm³/mol. The lowest BCUT2D eigenvalue weighted by atomic mass is 10.2. The molecule has 128 valence electrons. The maximum Gasteiger partial charge on any atom is 0.228 e. The molecular formula is C17H21N3O2S2. The number of amides is 2. The third kappa shape index (κ3) is 4.42. The zero-order valence-electron chi connectivity index (χ0n) is 13.7. The summed E-state index contributed by atoms with van der Waals surface area (Å²) >= 11 is 3.26. The quantitative estimate of drug-likeness (QED) is 0.819. The van der Waals surface area contributed by atoms with Crippen LogP contribution in [0.5, 0.6) is 0 Å². The van der Waals surface area contributed by atoms with E-state index in [4.69, 9.17) is 0 Å². The molecule has 7 heteroatoms. The molecule has 5 nitrogen and oxygen atoms in total. The van der Waals surface area contributed by atoms with Crippen molar-refractivity contribution in [1.82, 2.24) is 14.8 Å². The van der Waals surface area contributed by atoms with Crippen LogP contribution in [0, 0.1) is 6.92 Å². The number of hydrogen-bond donors (Lipinski definition) is 0. The van der Waals surface area contributed by atoms with Gasteiger partial charge in [0.15, 0.2) is 0 Å². The molecule has 1 saturated heterocycles. The van der Waals surface area contributed by atoms with E-state index in [1.807, 2.05) is 33.6 Å². The van der Waals surface area contributed by atoms with E-state index in [1.54, 1.807) is 22.7 Å². The van der Waals surface area contributed by atoms with E-state index < -0.39 is 0 Å². The van der Waals surface area contributed by atoms with Gasteiger partial charge in [0.05, 0.1) is 17.1 Å². The molecule has 0 N–H and O–H groups in total. The van der Waals surface area contributed by atoms with Crippen molar-refractivity contribution in [2.75, 3.05) is 26.2 Å². The molecule has 3 heterocycles. The number of hydrogen-bond acceptors (Lipinski definition) is 5. The Morgan fingerprint density at radius 1 is 1.12 bits per heavy atom. The fraction of sp³-hybridized carbons (Fsp3) is 0.471. The fourth-order valence-corrected chi connectivity index (χ4v) is 4.13. The highest BCUT2D eigenvalue weighted by molar-refractivity contribution is 7.10. The first kappa shape index (κ1) is 17.1. The van der Waals surface area contributed by atoms with Gasteiger partial charge in [0.2, 0.25) is 11.8 Å². The second-order valence-corrected chi connectivity index (χ2v) is 7.97. The molecule has 0 unspecified atom stereocenters. The minimum Gasteiger partial charge on any atom is -0.339 e. The summed E-state index contributed by atoms with van der Waals surface area (Å²) in [6.07, 6.45) is 1.71. The lowest BCUT2D eigenvalue weighted by molar-refractivity contribution is -0.139. The minimum atomic E-state index is 0.103. The number of carbonyl (C=O) groups excluding carboxylic acids is 2. The second-order valence-electron chi connectivity index (χ2n) is 5.88. The van der Waals surface area contributed by atoms with Crippen molar-refractivity contribution in [2.24, 2.45) is 0 Å². The van der Waals surface area contributed by atoms with E-state index in [0.29, 0.717) is 39.0 Å². The van der Waals surface area contributed by atoms with Gasteiger partial charge in [0.25, 0.3) is 0 Å². The monoisotopic (exact) mass is 363 g/mol. The lowest BCUT2D eigenvalue weighted by Gasteiger charge is -2.34. The Balaban J connectivity index is 1.43. The van der Waals surface area contributed by atoms with Gasteiger partial charge in [-0.3, -0.25) is 9.59 Å². The summed E-state index contributed by atoms with van der Waals surface area (Å²) in [6.45, 7) is 4.44. The number of aryl methyl sites for hydroxylation is 2.